The van der Waals surface area contributed by atoms with Crippen LogP contribution in [0.5, 0.6) is 5.75 Å². The first kappa shape index (κ1) is 16.2. The van der Waals surface area contributed by atoms with E-state index >= 15 is 0 Å². The lowest BCUT2D eigenvalue weighted by atomic mass is 10.3. The predicted molar refractivity (Wildman–Crippen MR) is 93.6 cm³/mol. The second kappa shape index (κ2) is 7.27. The minimum Gasteiger partial charge on any atom is -0.492 e. The summed E-state index contributed by atoms with van der Waals surface area (Å²) in [6.45, 7) is 2.92. The maximum absolute atomic E-state index is 13.0. The molecule has 124 valence electrons. The average molecular weight is 344 g/mol. The highest BCUT2D eigenvalue weighted by molar-refractivity contribution is 7.71. The molecule has 7 heteroatoms. The Morgan fingerprint density at radius 3 is 2.71 bits per heavy atom. The Kier molecular flexibility index (Phi) is 4.90. The van der Waals surface area contributed by atoms with Gasteiger partial charge in [-0.05, 0) is 55.5 Å². The number of rotatable bonds is 6. The number of nitrogens with zero attached hydrogens (tertiary/aromatic N) is 2. The molecule has 0 fully saturated rings. The van der Waals surface area contributed by atoms with Crippen molar-refractivity contribution in [2.45, 2.75) is 13.5 Å². The van der Waals surface area contributed by atoms with Crippen molar-refractivity contribution in [1.29, 1.82) is 0 Å². The summed E-state index contributed by atoms with van der Waals surface area (Å²) in [5, 5.41) is 10.3. The van der Waals surface area contributed by atoms with Crippen LogP contribution in [0, 0.1) is 10.6 Å². The van der Waals surface area contributed by atoms with Gasteiger partial charge in [-0.1, -0.05) is 12.1 Å². The van der Waals surface area contributed by atoms with Crippen molar-refractivity contribution < 1.29 is 9.13 Å². The number of aromatic amines is 1. The molecule has 0 amide bonds. The fourth-order valence-corrected chi connectivity index (χ4v) is 2.61. The van der Waals surface area contributed by atoms with Gasteiger partial charge in [-0.25, -0.2) is 4.39 Å². The average Bonchev–Trinajstić information content (AvgIpc) is 2.96. The predicted octanol–water partition coefficient (Wildman–Crippen LogP) is 4.08. The summed E-state index contributed by atoms with van der Waals surface area (Å²) in [5.74, 6) is 1.17. The van der Waals surface area contributed by atoms with E-state index in [4.69, 9.17) is 17.0 Å². The summed E-state index contributed by atoms with van der Waals surface area (Å²) >= 11 is 5.36. The normalized spacial score (nSPS) is 10.6. The van der Waals surface area contributed by atoms with E-state index < -0.39 is 0 Å². The summed E-state index contributed by atoms with van der Waals surface area (Å²) < 4.78 is 21.0. The Bertz CT molecular complexity index is 873. The van der Waals surface area contributed by atoms with Crippen LogP contribution >= 0.6 is 12.2 Å². The fourth-order valence-electron chi connectivity index (χ4n) is 2.36. The van der Waals surface area contributed by atoms with Crippen molar-refractivity contribution >= 4 is 17.9 Å². The van der Waals surface area contributed by atoms with E-state index in [0.29, 0.717) is 23.7 Å². The second-order valence-corrected chi connectivity index (χ2v) is 5.43. The van der Waals surface area contributed by atoms with Crippen LogP contribution in [0.1, 0.15) is 12.7 Å². The number of ether oxygens (including phenoxy) is 1. The number of H-pyrrole nitrogens is 1. The van der Waals surface area contributed by atoms with Gasteiger partial charge in [0.15, 0.2) is 10.6 Å². The maximum Gasteiger partial charge on any atom is 0.200 e. The first-order valence-electron chi connectivity index (χ1n) is 7.57. The van der Waals surface area contributed by atoms with Crippen LogP contribution in [0.25, 0.3) is 5.69 Å². The molecule has 0 radical (unpaired) electrons. The van der Waals surface area contributed by atoms with Gasteiger partial charge in [0.05, 0.1) is 18.8 Å². The smallest absolute Gasteiger partial charge is 0.200 e. The topological polar surface area (TPSA) is 54.9 Å². The summed E-state index contributed by atoms with van der Waals surface area (Å²) in [6, 6.07) is 13.8. The Hall–Kier alpha value is -2.67. The molecule has 24 heavy (non-hydrogen) atoms. The number of benzene rings is 2. The van der Waals surface area contributed by atoms with Gasteiger partial charge in [-0.2, -0.15) is 5.10 Å². The van der Waals surface area contributed by atoms with Crippen LogP contribution in [-0.2, 0) is 6.54 Å². The first-order valence-corrected chi connectivity index (χ1v) is 7.98. The number of hydrogen-bond acceptors (Lipinski definition) is 4. The number of hydrogen-bond donors (Lipinski definition) is 2. The molecule has 5 nitrogen and oxygen atoms in total. The van der Waals surface area contributed by atoms with E-state index in [0.717, 1.165) is 17.1 Å². The van der Waals surface area contributed by atoms with Crippen LogP contribution < -0.4 is 10.1 Å². The Morgan fingerprint density at radius 1 is 1.21 bits per heavy atom. The first-order chi connectivity index (χ1) is 11.7. The summed E-state index contributed by atoms with van der Waals surface area (Å²) in [5.41, 5.74) is 1.63. The highest BCUT2D eigenvalue weighted by Crippen LogP contribution is 2.24. The van der Waals surface area contributed by atoms with Gasteiger partial charge >= 0.3 is 0 Å². The monoisotopic (exact) mass is 344 g/mol. The molecule has 0 saturated heterocycles. The van der Waals surface area contributed by atoms with Gasteiger partial charge < -0.3 is 10.1 Å². The van der Waals surface area contributed by atoms with E-state index in [2.05, 4.69) is 15.5 Å². The van der Waals surface area contributed by atoms with E-state index in [1.54, 1.807) is 12.1 Å². The number of halogens is 1. The third-order valence-electron chi connectivity index (χ3n) is 3.44. The molecule has 2 aromatic carbocycles. The van der Waals surface area contributed by atoms with Crippen molar-refractivity contribution in [2.24, 2.45) is 0 Å². The molecule has 0 aliphatic carbocycles. The van der Waals surface area contributed by atoms with E-state index in [9.17, 15) is 4.39 Å². The minimum absolute atomic E-state index is 0.270. The largest absolute Gasteiger partial charge is 0.492 e. The van der Waals surface area contributed by atoms with Crippen LogP contribution in [0.4, 0.5) is 10.1 Å². The SMILES string of the molecule is CCOc1ccccc1-n1c(CNc2ccc(F)cc2)n[nH]c1=S. The van der Waals surface area contributed by atoms with Crippen molar-refractivity contribution in [2.75, 3.05) is 11.9 Å². The van der Waals surface area contributed by atoms with Crippen LogP contribution in [0.2, 0.25) is 0 Å². The lowest BCUT2D eigenvalue weighted by molar-refractivity contribution is 0.339. The molecular weight excluding hydrogens is 327 g/mol. The van der Waals surface area contributed by atoms with Gasteiger partial charge in [0.25, 0.3) is 0 Å². The number of anilines is 1. The third kappa shape index (κ3) is 3.46. The molecule has 0 aliphatic heterocycles. The molecular formula is C17H17FN4OS. The molecule has 3 aromatic rings. The molecule has 0 atom stereocenters. The number of nitrogens with one attached hydrogen (secondary N) is 2. The van der Waals surface area contributed by atoms with Crippen LogP contribution in [0.3, 0.4) is 0 Å². The van der Waals surface area contributed by atoms with E-state index in [1.807, 2.05) is 35.8 Å². The summed E-state index contributed by atoms with van der Waals surface area (Å²) in [6.07, 6.45) is 0. The zero-order valence-corrected chi connectivity index (χ0v) is 13.9. The lowest BCUT2D eigenvalue weighted by Gasteiger charge is -2.13. The zero-order valence-electron chi connectivity index (χ0n) is 13.1. The molecule has 1 heterocycles. The van der Waals surface area contributed by atoms with E-state index in [-0.39, 0.29) is 5.82 Å². The molecule has 0 aliphatic rings. The van der Waals surface area contributed by atoms with Gasteiger partial charge in [0.1, 0.15) is 11.6 Å². The van der Waals surface area contributed by atoms with Crippen LogP contribution in [0.15, 0.2) is 48.5 Å². The fraction of sp³-hybridized carbons (Fsp3) is 0.176. The Labute approximate surface area is 144 Å². The molecule has 0 spiro atoms. The van der Waals surface area contributed by atoms with Crippen molar-refractivity contribution in [1.82, 2.24) is 14.8 Å². The van der Waals surface area contributed by atoms with Crippen LogP contribution in [-0.4, -0.2) is 21.4 Å². The third-order valence-corrected chi connectivity index (χ3v) is 3.72. The molecule has 0 unspecified atom stereocenters. The maximum atomic E-state index is 13.0. The zero-order chi connectivity index (χ0) is 16.9. The molecule has 2 N–H and O–H groups in total. The van der Waals surface area contributed by atoms with Crippen molar-refractivity contribution in [3.63, 3.8) is 0 Å². The van der Waals surface area contributed by atoms with E-state index in [1.165, 1.54) is 12.1 Å². The van der Waals surface area contributed by atoms with Crippen molar-refractivity contribution in [3.8, 4) is 11.4 Å². The van der Waals surface area contributed by atoms with Gasteiger partial charge in [-0.15, -0.1) is 0 Å². The minimum atomic E-state index is -0.270. The highest BCUT2D eigenvalue weighted by atomic mass is 32.1. The van der Waals surface area contributed by atoms with Crippen molar-refractivity contribution in [3.05, 3.63) is 64.9 Å². The van der Waals surface area contributed by atoms with Gasteiger partial charge in [0.2, 0.25) is 0 Å². The second-order valence-electron chi connectivity index (χ2n) is 5.04. The number of aromatic nitrogens is 3. The Balaban J connectivity index is 1.89. The summed E-state index contributed by atoms with van der Waals surface area (Å²) in [7, 11) is 0. The number of para-hydroxylation sites is 2. The standard InChI is InChI=1S/C17H17FN4OS/c1-2-23-15-6-4-3-5-14(15)22-16(20-21-17(22)24)11-19-13-9-7-12(18)8-10-13/h3-10,19H,2,11H2,1H3,(H,21,24). The molecule has 3 rings (SSSR count). The highest BCUT2D eigenvalue weighted by Gasteiger charge is 2.12. The summed E-state index contributed by atoms with van der Waals surface area (Å²) in [4.78, 5) is 0. The molecule has 0 saturated carbocycles. The van der Waals surface area contributed by atoms with Gasteiger partial charge in [-0.3, -0.25) is 9.67 Å². The quantitative estimate of drug-likeness (QED) is 0.662. The van der Waals surface area contributed by atoms with Gasteiger partial charge in [0, 0.05) is 5.69 Å². The molecule has 0 bridgehead atoms. The molecule has 1 aromatic heterocycles. The lowest BCUT2D eigenvalue weighted by Crippen LogP contribution is -2.09. The Morgan fingerprint density at radius 2 is 1.96 bits per heavy atom.